The van der Waals surface area contributed by atoms with E-state index in [2.05, 4.69) is 0 Å². The molecule has 1 aliphatic rings. The molecule has 1 aromatic rings. The van der Waals surface area contributed by atoms with Crippen LogP contribution in [0.15, 0.2) is 18.2 Å². The van der Waals surface area contributed by atoms with Crippen molar-refractivity contribution in [1.82, 2.24) is 4.90 Å². The number of hydrogen-bond acceptors (Lipinski definition) is 3. The summed E-state index contributed by atoms with van der Waals surface area (Å²) in [6.07, 6.45) is 0.619. The number of amides is 1. The van der Waals surface area contributed by atoms with Gasteiger partial charge in [0.1, 0.15) is 0 Å². The van der Waals surface area contributed by atoms with Gasteiger partial charge in [0, 0.05) is 25.3 Å². The van der Waals surface area contributed by atoms with Gasteiger partial charge in [0.2, 0.25) is 0 Å². The van der Waals surface area contributed by atoms with Gasteiger partial charge in [-0.05, 0) is 36.6 Å². The third-order valence-corrected chi connectivity index (χ3v) is 3.22. The van der Waals surface area contributed by atoms with E-state index in [0.717, 1.165) is 5.56 Å². The second-order valence-electron chi connectivity index (χ2n) is 4.44. The Morgan fingerprint density at radius 2 is 2.17 bits per heavy atom. The van der Waals surface area contributed by atoms with Gasteiger partial charge in [0.15, 0.2) is 0 Å². The van der Waals surface area contributed by atoms with Crippen molar-refractivity contribution in [2.75, 3.05) is 19.7 Å². The fourth-order valence-corrected chi connectivity index (χ4v) is 2.15. The molecule has 1 N–H and O–H groups in total. The molecule has 2 rings (SSSR count). The second-order valence-corrected chi connectivity index (χ2v) is 4.44. The van der Waals surface area contributed by atoms with Gasteiger partial charge in [0.05, 0.1) is 13.2 Å². The number of aliphatic hydroxyl groups is 1. The van der Waals surface area contributed by atoms with Gasteiger partial charge in [-0.15, -0.1) is 0 Å². The molecule has 4 heteroatoms. The predicted octanol–water partition coefficient (Wildman–Crippen LogP) is 1.56. The molecular formula is C14H19NO3. The van der Waals surface area contributed by atoms with E-state index < -0.39 is 0 Å². The summed E-state index contributed by atoms with van der Waals surface area (Å²) in [7, 11) is 0. The average molecular weight is 249 g/mol. The molecule has 0 aliphatic carbocycles. The van der Waals surface area contributed by atoms with Crippen molar-refractivity contribution in [2.24, 2.45) is 0 Å². The minimum atomic E-state index is 0.0284. The third kappa shape index (κ3) is 2.71. The molecule has 1 amide bonds. The van der Waals surface area contributed by atoms with Crippen LogP contribution in [0.3, 0.4) is 0 Å². The van der Waals surface area contributed by atoms with Crippen LogP contribution in [0.1, 0.15) is 34.8 Å². The van der Waals surface area contributed by atoms with Crippen molar-refractivity contribution in [3.05, 3.63) is 34.9 Å². The van der Waals surface area contributed by atoms with Crippen LogP contribution in [-0.2, 0) is 18.0 Å². The quantitative estimate of drug-likeness (QED) is 0.861. The molecule has 0 atom stereocenters. The maximum atomic E-state index is 12.3. The fourth-order valence-electron chi connectivity index (χ4n) is 2.15. The lowest BCUT2D eigenvalue weighted by Crippen LogP contribution is -2.32. The Bertz CT molecular complexity index is 431. The van der Waals surface area contributed by atoms with Crippen LogP contribution in [0.5, 0.6) is 0 Å². The van der Waals surface area contributed by atoms with E-state index in [1.54, 1.807) is 4.90 Å². The molecule has 0 unspecified atom stereocenters. The number of nitrogens with zero attached hydrogens (tertiary/aromatic N) is 1. The largest absolute Gasteiger partial charge is 0.396 e. The molecule has 0 aromatic heterocycles. The molecule has 0 radical (unpaired) electrons. The van der Waals surface area contributed by atoms with E-state index in [4.69, 9.17) is 9.84 Å². The summed E-state index contributed by atoms with van der Waals surface area (Å²) in [5, 5.41) is 8.84. The highest BCUT2D eigenvalue weighted by Gasteiger charge is 2.17. The Labute approximate surface area is 107 Å². The van der Waals surface area contributed by atoms with Gasteiger partial charge in [-0.2, -0.15) is 0 Å². The molecular weight excluding hydrogens is 230 g/mol. The van der Waals surface area contributed by atoms with Gasteiger partial charge < -0.3 is 14.7 Å². The van der Waals surface area contributed by atoms with Crippen molar-refractivity contribution < 1.29 is 14.6 Å². The highest BCUT2D eigenvalue weighted by atomic mass is 16.5. The number of fused-ring (bicyclic) bond motifs is 1. The number of rotatable bonds is 5. The monoisotopic (exact) mass is 249 g/mol. The highest BCUT2D eigenvalue weighted by Crippen LogP contribution is 2.21. The SMILES string of the molecule is CCN(CCCO)C(=O)c1ccc2c(c1)COC2. The molecule has 98 valence electrons. The lowest BCUT2D eigenvalue weighted by molar-refractivity contribution is 0.0754. The van der Waals surface area contributed by atoms with E-state index in [1.807, 2.05) is 25.1 Å². The first-order valence-corrected chi connectivity index (χ1v) is 6.36. The number of benzene rings is 1. The molecule has 0 bridgehead atoms. The van der Waals surface area contributed by atoms with Crippen molar-refractivity contribution in [3.63, 3.8) is 0 Å². The topological polar surface area (TPSA) is 49.8 Å². The Balaban J connectivity index is 2.12. The van der Waals surface area contributed by atoms with Gasteiger partial charge in [-0.3, -0.25) is 4.79 Å². The normalized spacial score (nSPS) is 13.4. The van der Waals surface area contributed by atoms with Crippen molar-refractivity contribution in [3.8, 4) is 0 Å². The fraction of sp³-hybridized carbons (Fsp3) is 0.500. The van der Waals surface area contributed by atoms with Crippen molar-refractivity contribution in [1.29, 1.82) is 0 Å². The zero-order chi connectivity index (χ0) is 13.0. The van der Waals surface area contributed by atoms with Gasteiger partial charge in [0.25, 0.3) is 5.91 Å². The molecule has 0 saturated heterocycles. The van der Waals surface area contributed by atoms with Crippen LogP contribution < -0.4 is 0 Å². The average Bonchev–Trinajstić information content (AvgIpc) is 2.86. The maximum Gasteiger partial charge on any atom is 0.253 e. The minimum Gasteiger partial charge on any atom is -0.396 e. The number of carbonyl (C=O) groups excluding carboxylic acids is 1. The van der Waals surface area contributed by atoms with Crippen molar-refractivity contribution in [2.45, 2.75) is 26.6 Å². The molecule has 1 aromatic carbocycles. The zero-order valence-corrected chi connectivity index (χ0v) is 10.7. The molecule has 1 heterocycles. The zero-order valence-electron chi connectivity index (χ0n) is 10.7. The standard InChI is InChI=1S/C14H19NO3/c1-2-15(6-3-7-16)14(17)11-4-5-12-9-18-10-13(12)8-11/h4-5,8,16H,2-3,6-7,9-10H2,1H3. The Hall–Kier alpha value is -1.39. The van der Waals surface area contributed by atoms with Crippen LogP contribution in [-0.4, -0.2) is 35.6 Å². The summed E-state index contributed by atoms with van der Waals surface area (Å²) in [5.74, 6) is 0.0284. The number of carbonyl (C=O) groups is 1. The Kier molecular flexibility index (Phi) is 4.33. The minimum absolute atomic E-state index is 0.0284. The molecule has 0 saturated carbocycles. The van der Waals surface area contributed by atoms with Crippen LogP contribution >= 0.6 is 0 Å². The summed E-state index contributed by atoms with van der Waals surface area (Å²) in [5.41, 5.74) is 2.99. The van der Waals surface area contributed by atoms with Gasteiger partial charge in [-0.1, -0.05) is 6.07 Å². The Morgan fingerprint density at radius 1 is 1.39 bits per heavy atom. The number of hydrogen-bond donors (Lipinski definition) is 1. The summed E-state index contributed by atoms with van der Waals surface area (Å²) in [4.78, 5) is 14.0. The summed E-state index contributed by atoms with van der Waals surface area (Å²) in [6, 6.07) is 5.75. The molecule has 4 nitrogen and oxygen atoms in total. The first-order valence-electron chi connectivity index (χ1n) is 6.36. The Morgan fingerprint density at radius 3 is 2.89 bits per heavy atom. The lowest BCUT2D eigenvalue weighted by atomic mass is 10.1. The number of ether oxygens (including phenoxy) is 1. The second kappa shape index (κ2) is 5.98. The van der Waals surface area contributed by atoms with Crippen LogP contribution in [0.4, 0.5) is 0 Å². The van der Waals surface area contributed by atoms with Crippen LogP contribution in [0.25, 0.3) is 0 Å². The van der Waals surface area contributed by atoms with E-state index in [1.165, 1.54) is 5.56 Å². The smallest absolute Gasteiger partial charge is 0.253 e. The molecule has 0 fully saturated rings. The molecule has 1 aliphatic heterocycles. The lowest BCUT2D eigenvalue weighted by Gasteiger charge is -2.20. The molecule has 18 heavy (non-hydrogen) atoms. The highest BCUT2D eigenvalue weighted by molar-refractivity contribution is 5.94. The number of aliphatic hydroxyl groups excluding tert-OH is 1. The maximum absolute atomic E-state index is 12.3. The molecule has 0 spiro atoms. The summed E-state index contributed by atoms with van der Waals surface area (Å²) < 4.78 is 5.34. The van der Waals surface area contributed by atoms with E-state index in [9.17, 15) is 4.79 Å². The summed E-state index contributed by atoms with van der Waals surface area (Å²) >= 11 is 0. The third-order valence-electron chi connectivity index (χ3n) is 3.22. The van der Waals surface area contributed by atoms with Crippen LogP contribution in [0.2, 0.25) is 0 Å². The first kappa shape index (κ1) is 13.1. The van der Waals surface area contributed by atoms with E-state index >= 15 is 0 Å². The van der Waals surface area contributed by atoms with E-state index in [0.29, 0.717) is 38.3 Å². The van der Waals surface area contributed by atoms with Gasteiger partial charge >= 0.3 is 0 Å². The van der Waals surface area contributed by atoms with Gasteiger partial charge in [-0.25, -0.2) is 0 Å². The first-order chi connectivity index (χ1) is 8.76. The summed E-state index contributed by atoms with van der Waals surface area (Å²) in [6.45, 7) is 4.56. The van der Waals surface area contributed by atoms with E-state index in [-0.39, 0.29) is 12.5 Å². The van der Waals surface area contributed by atoms with Crippen molar-refractivity contribution >= 4 is 5.91 Å². The predicted molar refractivity (Wildman–Crippen MR) is 68.2 cm³/mol. The van der Waals surface area contributed by atoms with Crippen LogP contribution in [0, 0.1) is 0 Å².